The molecule has 5 atom stereocenters. The highest BCUT2D eigenvalue weighted by Crippen LogP contribution is 2.23. The molecule has 1 saturated heterocycles. The van der Waals surface area contributed by atoms with Crippen molar-refractivity contribution in [2.24, 2.45) is 0 Å². The van der Waals surface area contributed by atoms with Crippen molar-refractivity contribution in [3.05, 3.63) is 0 Å². The molecule has 0 aromatic heterocycles. The van der Waals surface area contributed by atoms with E-state index in [0.29, 0.717) is 6.42 Å². The molecule has 0 radical (unpaired) electrons. The fourth-order valence-electron chi connectivity index (χ4n) is 1.62. The van der Waals surface area contributed by atoms with E-state index < -0.39 is 30.5 Å². The first-order chi connectivity index (χ1) is 6.49. The second-order valence-electron chi connectivity index (χ2n) is 3.59. The van der Waals surface area contributed by atoms with Crippen molar-refractivity contribution in [1.82, 2.24) is 0 Å². The Morgan fingerprint density at radius 1 is 1.21 bits per heavy atom. The summed E-state index contributed by atoms with van der Waals surface area (Å²) in [7, 11) is 0. The molecule has 5 nitrogen and oxygen atoms in total. The maximum Gasteiger partial charge on any atom is 0.161 e. The van der Waals surface area contributed by atoms with E-state index in [1.165, 1.54) is 6.92 Å². The maximum absolute atomic E-state index is 11.0. The van der Waals surface area contributed by atoms with Gasteiger partial charge in [0.05, 0.1) is 6.10 Å². The molecule has 1 rings (SSSR count). The van der Waals surface area contributed by atoms with Crippen molar-refractivity contribution in [3.8, 4) is 0 Å². The molecule has 0 bridgehead atoms. The van der Waals surface area contributed by atoms with Gasteiger partial charge < -0.3 is 20.1 Å². The molecule has 3 N–H and O–H groups in total. The molecule has 82 valence electrons. The summed E-state index contributed by atoms with van der Waals surface area (Å²) >= 11 is 0. The first-order valence-electron chi connectivity index (χ1n) is 4.69. The number of hydrogen-bond acceptors (Lipinski definition) is 5. The summed E-state index contributed by atoms with van der Waals surface area (Å²) in [4.78, 5) is 11.0. The minimum Gasteiger partial charge on any atom is -0.388 e. The van der Waals surface area contributed by atoms with Crippen LogP contribution in [0.3, 0.4) is 0 Å². The van der Waals surface area contributed by atoms with Crippen LogP contribution in [-0.4, -0.2) is 51.6 Å². The van der Waals surface area contributed by atoms with E-state index in [4.69, 9.17) is 4.74 Å². The van der Waals surface area contributed by atoms with Gasteiger partial charge in [-0.1, -0.05) is 6.92 Å². The average Bonchev–Trinajstić information content (AvgIpc) is 2.14. The third-order valence-corrected chi connectivity index (χ3v) is 2.52. The molecular formula is C9H16O5. The predicted molar refractivity (Wildman–Crippen MR) is 47.7 cm³/mol. The highest BCUT2D eigenvalue weighted by Gasteiger charge is 2.44. The van der Waals surface area contributed by atoms with Crippen LogP contribution >= 0.6 is 0 Å². The average molecular weight is 204 g/mol. The molecule has 14 heavy (non-hydrogen) atoms. The van der Waals surface area contributed by atoms with Crippen molar-refractivity contribution < 1.29 is 24.9 Å². The molecule has 0 spiro atoms. The second kappa shape index (κ2) is 4.35. The lowest BCUT2D eigenvalue weighted by Gasteiger charge is -2.39. The number of carbonyl (C=O) groups is 1. The van der Waals surface area contributed by atoms with Gasteiger partial charge in [-0.15, -0.1) is 0 Å². The van der Waals surface area contributed by atoms with Gasteiger partial charge in [0.1, 0.15) is 24.4 Å². The first-order valence-corrected chi connectivity index (χ1v) is 4.69. The van der Waals surface area contributed by atoms with Gasteiger partial charge in [0.25, 0.3) is 0 Å². The summed E-state index contributed by atoms with van der Waals surface area (Å²) in [6.07, 6.45) is -4.94. The minimum atomic E-state index is -1.34. The molecule has 0 amide bonds. The molecule has 5 heteroatoms. The molecule has 1 heterocycles. The topological polar surface area (TPSA) is 87.0 Å². The monoisotopic (exact) mass is 204 g/mol. The second-order valence-corrected chi connectivity index (χ2v) is 3.59. The number of ether oxygens (including phenoxy) is 1. The van der Waals surface area contributed by atoms with Crippen LogP contribution in [0.1, 0.15) is 20.3 Å². The zero-order chi connectivity index (χ0) is 10.9. The first kappa shape index (κ1) is 11.6. The molecule has 4 unspecified atom stereocenters. The number of rotatable bonds is 2. The SMILES string of the molecule is CCC1OC(C(C)=O)[C@@H](O)C(O)C1O. The maximum atomic E-state index is 11.0. The summed E-state index contributed by atoms with van der Waals surface area (Å²) in [5, 5.41) is 28.3. The Bertz CT molecular complexity index is 215. The number of ketones is 1. The molecule has 0 aromatic carbocycles. The zero-order valence-electron chi connectivity index (χ0n) is 8.25. The standard InChI is InChI=1S/C9H16O5/c1-3-5-6(11)7(12)8(13)9(14-5)4(2)10/h5-9,11-13H,3H2,1-2H3/t5?,6?,7?,8-,9?/m0/s1. The van der Waals surface area contributed by atoms with E-state index in [-0.39, 0.29) is 5.78 Å². The van der Waals surface area contributed by atoms with Crippen LogP contribution in [0.4, 0.5) is 0 Å². The van der Waals surface area contributed by atoms with E-state index in [9.17, 15) is 20.1 Å². The lowest BCUT2D eigenvalue weighted by atomic mass is 9.92. The molecule has 1 aliphatic rings. The van der Waals surface area contributed by atoms with Gasteiger partial charge >= 0.3 is 0 Å². The van der Waals surface area contributed by atoms with Crippen LogP contribution in [0.15, 0.2) is 0 Å². The molecule has 0 aliphatic carbocycles. The zero-order valence-corrected chi connectivity index (χ0v) is 8.25. The Morgan fingerprint density at radius 2 is 1.79 bits per heavy atom. The van der Waals surface area contributed by atoms with Gasteiger partial charge in [0.2, 0.25) is 0 Å². The summed E-state index contributed by atoms with van der Waals surface area (Å²) in [5.41, 5.74) is 0. The Labute approximate surface area is 82.3 Å². The lowest BCUT2D eigenvalue weighted by Crippen LogP contribution is -2.59. The normalized spacial score (nSPS) is 43.6. The predicted octanol–water partition coefficient (Wildman–Crippen LogP) is -1.16. The fourth-order valence-corrected chi connectivity index (χ4v) is 1.62. The van der Waals surface area contributed by atoms with Crippen molar-refractivity contribution in [1.29, 1.82) is 0 Å². The molecular weight excluding hydrogens is 188 g/mol. The van der Waals surface area contributed by atoms with Gasteiger partial charge in [0, 0.05) is 0 Å². The van der Waals surface area contributed by atoms with Crippen LogP contribution in [0.2, 0.25) is 0 Å². The third kappa shape index (κ3) is 1.95. The molecule has 0 aromatic rings. The highest BCUT2D eigenvalue weighted by molar-refractivity contribution is 5.81. The van der Waals surface area contributed by atoms with Crippen molar-refractivity contribution in [3.63, 3.8) is 0 Å². The Hall–Kier alpha value is -0.490. The molecule has 1 aliphatic heterocycles. The third-order valence-electron chi connectivity index (χ3n) is 2.52. The number of aliphatic hydroxyl groups is 3. The molecule has 0 saturated carbocycles. The van der Waals surface area contributed by atoms with Gasteiger partial charge in [-0.05, 0) is 13.3 Å². The Morgan fingerprint density at radius 3 is 2.21 bits per heavy atom. The number of carbonyl (C=O) groups excluding carboxylic acids is 1. The summed E-state index contributed by atoms with van der Waals surface area (Å²) in [6.45, 7) is 3.06. The van der Waals surface area contributed by atoms with Gasteiger partial charge in [-0.25, -0.2) is 0 Å². The quantitative estimate of drug-likeness (QED) is 0.528. The van der Waals surface area contributed by atoms with Crippen LogP contribution in [0.25, 0.3) is 0 Å². The van der Waals surface area contributed by atoms with Crippen molar-refractivity contribution in [2.75, 3.05) is 0 Å². The number of aliphatic hydroxyl groups excluding tert-OH is 3. The van der Waals surface area contributed by atoms with Gasteiger partial charge in [-0.3, -0.25) is 4.79 Å². The smallest absolute Gasteiger partial charge is 0.161 e. The van der Waals surface area contributed by atoms with E-state index in [0.717, 1.165) is 0 Å². The Balaban J connectivity index is 2.78. The highest BCUT2D eigenvalue weighted by atomic mass is 16.5. The van der Waals surface area contributed by atoms with Crippen LogP contribution in [-0.2, 0) is 9.53 Å². The largest absolute Gasteiger partial charge is 0.388 e. The summed E-state index contributed by atoms with van der Waals surface area (Å²) in [6, 6.07) is 0. The van der Waals surface area contributed by atoms with Gasteiger partial charge in [-0.2, -0.15) is 0 Å². The van der Waals surface area contributed by atoms with E-state index in [2.05, 4.69) is 0 Å². The van der Waals surface area contributed by atoms with E-state index in [1.807, 2.05) is 0 Å². The van der Waals surface area contributed by atoms with Crippen LogP contribution in [0.5, 0.6) is 0 Å². The van der Waals surface area contributed by atoms with Gasteiger partial charge in [0.15, 0.2) is 5.78 Å². The van der Waals surface area contributed by atoms with E-state index in [1.54, 1.807) is 6.92 Å². The Kier molecular flexibility index (Phi) is 3.60. The number of hydrogen-bond donors (Lipinski definition) is 3. The van der Waals surface area contributed by atoms with E-state index >= 15 is 0 Å². The molecule has 1 fully saturated rings. The lowest BCUT2D eigenvalue weighted by molar-refractivity contribution is -0.219. The van der Waals surface area contributed by atoms with Crippen LogP contribution in [0, 0.1) is 0 Å². The van der Waals surface area contributed by atoms with Crippen LogP contribution < -0.4 is 0 Å². The van der Waals surface area contributed by atoms with Crippen molar-refractivity contribution in [2.45, 2.75) is 50.8 Å². The summed E-state index contributed by atoms with van der Waals surface area (Å²) < 4.78 is 5.18. The summed E-state index contributed by atoms with van der Waals surface area (Å²) in [5.74, 6) is -0.345. The van der Waals surface area contributed by atoms with Crippen molar-refractivity contribution >= 4 is 5.78 Å². The fraction of sp³-hybridized carbons (Fsp3) is 0.889. The number of Topliss-reactive ketones (excluding diaryl/α,β-unsaturated/α-hetero) is 1. The minimum absolute atomic E-state index is 0.345.